The minimum absolute atomic E-state index is 0.0351. The largest absolute Gasteiger partial charge is 0.342 e. The van der Waals surface area contributed by atoms with Gasteiger partial charge in [-0.1, -0.05) is 0 Å². The van der Waals surface area contributed by atoms with Crippen molar-refractivity contribution in [2.24, 2.45) is 11.7 Å². The fourth-order valence-electron chi connectivity index (χ4n) is 2.48. The van der Waals surface area contributed by atoms with E-state index in [1.54, 1.807) is 0 Å². The molecule has 6 heteroatoms. The number of nitrogens with zero attached hydrogens (tertiary/aromatic N) is 1. The van der Waals surface area contributed by atoms with Crippen LogP contribution in [0.5, 0.6) is 0 Å². The Labute approximate surface area is 127 Å². The fraction of sp³-hybridized carbons (Fsp3) is 0.533. The van der Waals surface area contributed by atoms with Gasteiger partial charge in [0.15, 0.2) is 11.6 Å². The predicted octanol–water partition coefficient (Wildman–Crippen LogP) is 2.64. The van der Waals surface area contributed by atoms with Crippen molar-refractivity contribution < 1.29 is 13.6 Å². The molecular formula is C15H20F2N2OS. The Kier molecular flexibility index (Phi) is 5.58. The van der Waals surface area contributed by atoms with E-state index in [9.17, 15) is 13.6 Å². The topological polar surface area (TPSA) is 46.3 Å². The third-order valence-electron chi connectivity index (χ3n) is 3.89. The lowest BCUT2D eigenvalue weighted by atomic mass is 9.91. The van der Waals surface area contributed by atoms with Gasteiger partial charge in [0.25, 0.3) is 0 Å². The van der Waals surface area contributed by atoms with E-state index in [1.807, 2.05) is 11.8 Å². The Bertz CT molecular complexity index is 502. The van der Waals surface area contributed by atoms with Crippen LogP contribution >= 0.6 is 11.8 Å². The van der Waals surface area contributed by atoms with Crippen LogP contribution in [-0.2, 0) is 4.79 Å². The van der Waals surface area contributed by atoms with Crippen molar-refractivity contribution in [1.82, 2.24) is 4.90 Å². The predicted molar refractivity (Wildman–Crippen MR) is 80.0 cm³/mol. The summed E-state index contributed by atoms with van der Waals surface area (Å²) < 4.78 is 25.9. The lowest BCUT2D eigenvalue weighted by Crippen LogP contribution is -2.43. The first-order chi connectivity index (χ1) is 9.97. The normalized spacial score (nSPS) is 17.8. The third-order valence-corrected chi connectivity index (χ3v) is 4.87. The lowest BCUT2D eigenvalue weighted by Gasteiger charge is -2.33. The number of rotatable bonds is 4. The first kappa shape index (κ1) is 16.2. The number of halogens is 2. The van der Waals surface area contributed by atoms with E-state index in [1.165, 1.54) is 17.8 Å². The van der Waals surface area contributed by atoms with Gasteiger partial charge in [0.1, 0.15) is 0 Å². The first-order valence-electron chi connectivity index (χ1n) is 7.08. The van der Waals surface area contributed by atoms with Crippen molar-refractivity contribution >= 4 is 17.7 Å². The van der Waals surface area contributed by atoms with Crippen LogP contribution in [0.4, 0.5) is 8.78 Å². The van der Waals surface area contributed by atoms with Crippen molar-refractivity contribution in [2.75, 3.05) is 18.8 Å². The van der Waals surface area contributed by atoms with Crippen LogP contribution in [0.1, 0.15) is 19.8 Å². The summed E-state index contributed by atoms with van der Waals surface area (Å²) in [5.41, 5.74) is 5.88. The Morgan fingerprint density at radius 2 is 2.05 bits per heavy atom. The molecule has 3 nitrogen and oxygen atoms in total. The third kappa shape index (κ3) is 4.41. The minimum atomic E-state index is -0.884. The van der Waals surface area contributed by atoms with E-state index in [4.69, 9.17) is 5.73 Å². The van der Waals surface area contributed by atoms with Gasteiger partial charge in [-0.3, -0.25) is 4.79 Å². The highest BCUT2D eigenvalue weighted by atomic mass is 32.2. The Hall–Kier alpha value is -1.14. The number of piperidine rings is 1. The zero-order valence-corrected chi connectivity index (χ0v) is 12.8. The van der Waals surface area contributed by atoms with E-state index in [-0.39, 0.29) is 17.7 Å². The average Bonchev–Trinajstić information content (AvgIpc) is 2.48. The molecule has 1 saturated heterocycles. The maximum atomic E-state index is 13.1. The second-order valence-corrected chi connectivity index (χ2v) is 6.49. The van der Waals surface area contributed by atoms with Gasteiger partial charge >= 0.3 is 0 Å². The molecule has 0 aliphatic carbocycles. The van der Waals surface area contributed by atoms with Crippen LogP contribution in [0.15, 0.2) is 23.1 Å². The number of carbonyl (C=O) groups is 1. The Balaban J connectivity index is 1.81. The van der Waals surface area contributed by atoms with Gasteiger partial charge < -0.3 is 10.6 Å². The molecule has 0 spiro atoms. The van der Waals surface area contributed by atoms with Crippen LogP contribution in [0, 0.1) is 17.6 Å². The van der Waals surface area contributed by atoms with Gasteiger partial charge in [-0.05, 0) is 43.9 Å². The van der Waals surface area contributed by atoms with Gasteiger partial charge in [0, 0.05) is 24.0 Å². The van der Waals surface area contributed by atoms with Crippen LogP contribution in [-0.4, -0.2) is 35.7 Å². The van der Waals surface area contributed by atoms with Crippen molar-refractivity contribution in [1.29, 1.82) is 0 Å². The fourth-order valence-corrected chi connectivity index (χ4v) is 3.30. The molecule has 0 radical (unpaired) electrons. The van der Waals surface area contributed by atoms with Crippen LogP contribution in [0.25, 0.3) is 0 Å². The van der Waals surface area contributed by atoms with Gasteiger partial charge in [-0.2, -0.15) is 0 Å². The summed E-state index contributed by atoms with van der Waals surface area (Å²) in [6.45, 7) is 3.45. The molecule has 116 valence electrons. The zero-order valence-electron chi connectivity index (χ0n) is 12.0. The summed E-state index contributed by atoms with van der Waals surface area (Å²) in [6, 6.07) is 3.85. The molecule has 1 aliphatic heterocycles. The number of amides is 1. The second-order valence-electron chi connectivity index (χ2n) is 5.44. The van der Waals surface area contributed by atoms with E-state index in [2.05, 4.69) is 0 Å². The quantitative estimate of drug-likeness (QED) is 0.869. The van der Waals surface area contributed by atoms with Crippen LogP contribution in [0.3, 0.4) is 0 Å². The maximum absolute atomic E-state index is 13.1. The number of nitrogens with two attached hydrogens (primary N) is 1. The average molecular weight is 314 g/mol. The molecule has 0 bridgehead atoms. The molecule has 2 rings (SSSR count). The van der Waals surface area contributed by atoms with E-state index in [0.29, 0.717) is 10.8 Å². The SMILES string of the molecule is CC(N)C1CCN(C(=O)CSc2ccc(F)c(F)c2)CC1. The molecule has 0 saturated carbocycles. The van der Waals surface area contributed by atoms with E-state index >= 15 is 0 Å². The summed E-state index contributed by atoms with van der Waals surface area (Å²) in [5, 5.41) is 0. The Morgan fingerprint density at radius 3 is 2.62 bits per heavy atom. The molecule has 2 N–H and O–H groups in total. The molecule has 0 aromatic heterocycles. The van der Waals surface area contributed by atoms with Crippen molar-refractivity contribution in [2.45, 2.75) is 30.7 Å². The second kappa shape index (κ2) is 7.22. The minimum Gasteiger partial charge on any atom is -0.342 e. The summed E-state index contributed by atoms with van der Waals surface area (Å²) >= 11 is 1.23. The van der Waals surface area contributed by atoms with Crippen molar-refractivity contribution in [3.05, 3.63) is 29.8 Å². The summed E-state index contributed by atoms with van der Waals surface area (Å²) in [6.07, 6.45) is 1.86. The molecule has 1 amide bonds. The first-order valence-corrected chi connectivity index (χ1v) is 8.07. The molecule has 1 aliphatic rings. The number of thioether (sulfide) groups is 1. The molecule has 1 fully saturated rings. The Morgan fingerprint density at radius 1 is 1.38 bits per heavy atom. The maximum Gasteiger partial charge on any atom is 0.232 e. The van der Waals surface area contributed by atoms with Crippen LogP contribution < -0.4 is 5.73 Å². The molecule has 1 heterocycles. The highest BCUT2D eigenvalue weighted by Gasteiger charge is 2.24. The van der Waals surface area contributed by atoms with Gasteiger partial charge in [0.05, 0.1) is 5.75 Å². The standard InChI is InChI=1S/C15H20F2N2OS/c1-10(18)11-4-6-19(7-5-11)15(20)9-21-12-2-3-13(16)14(17)8-12/h2-3,8,10-11H,4-7,9,18H2,1H3. The summed E-state index contributed by atoms with van der Waals surface area (Å²) in [5.74, 6) is -0.997. The lowest BCUT2D eigenvalue weighted by molar-refractivity contribution is -0.129. The molecular weight excluding hydrogens is 294 g/mol. The monoisotopic (exact) mass is 314 g/mol. The van der Waals surface area contributed by atoms with Gasteiger partial charge in [-0.25, -0.2) is 8.78 Å². The van der Waals surface area contributed by atoms with E-state index in [0.717, 1.165) is 38.1 Å². The van der Waals surface area contributed by atoms with Gasteiger partial charge in [-0.15, -0.1) is 11.8 Å². The highest BCUT2D eigenvalue weighted by molar-refractivity contribution is 8.00. The molecule has 1 aromatic carbocycles. The number of benzene rings is 1. The zero-order chi connectivity index (χ0) is 15.4. The van der Waals surface area contributed by atoms with Gasteiger partial charge in [0.2, 0.25) is 5.91 Å². The highest BCUT2D eigenvalue weighted by Crippen LogP contribution is 2.23. The number of carbonyl (C=O) groups excluding carboxylic acids is 1. The summed E-state index contributed by atoms with van der Waals surface area (Å²) in [7, 11) is 0. The number of hydrogen-bond acceptors (Lipinski definition) is 3. The smallest absolute Gasteiger partial charge is 0.232 e. The molecule has 1 aromatic rings. The van der Waals surface area contributed by atoms with Crippen molar-refractivity contribution in [3.8, 4) is 0 Å². The van der Waals surface area contributed by atoms with Crippen molar-refractivity contribution in [3.63, 3.8) is 0 Å². The summed E-state index contributed by atoms with van der Waals surface area (Å²) in [4.78, 5) is 14.5. The molecule has 1 unspecified atom stereocenters. The van der Waals surface area contributed by atoms with Crippen LogP contribution in [0.2, 0.25) is 0 Å². The molecule has 1 atom stereocenters. The molecule has 21 heavy (non-hydrogen) atoms. The van der Waals surface area contributed by atoms with E-state index < -0.39 is 11.6 Å². The number of hydrogen-bond donors (Lipinski definition) is 1. The number of likely N-dealkylation sites (tertiary alicyclic amines) is 1.